The maximum Gasteiger partial charge on any atom is 0.195 e. The minimum Gasteiger partial charge on any atom is -0.372 e. The molecule has 0 saturated heterocycles. The zero-order valence-electron chi connectivity index (χ0n) is 14.2. The molecule has 0 aliphatic carbocycles. The molecule has 1 aromatic heterocycles. The standard InChI is InChI=1S/C20H25NOS/c1-4-7-18-13-15-20(23-18)19(22)14-10-16-8-11-17(12-9-16)21(5-2)6-3/h8-15H,4-7H2,1-3H3/b14-10+. The summed E-state index contributed by atoms with van der Waals surface area (Å²) < 4.78 is 0. The van der Waals surface area contributed by atoms with Gasteiger partial charge in [0.2, 0.25) is 0 Å². The molecule has 1 aromatic carbocycles. The molecule has 2 nitrogen and oxygen atoms in total. The van der Waals surface area contributed by atoms with Crippen molar-refractivity contribution in [3.05, 3.63) is 57.8 Å². The molecule has 122 valence electrons. The molecule has 0 saturated carbocycles. The van der Waals surface area contributed by atoms with Crippen LogP contribution in [0.15, 0.2) is 42.5 Å². The van der Waals surface area contributed by atoms with Crippen molar-refractivity contribution < 1.29 is 4.79 Å². The summed E-state index contributed by atoms with van der Waals surface area (Å²) >= 11 is 1.61. The van der Waals surface area contributed by atoms with Crippen LogP contribution in [0.2, 0.25) is 0 Å². The maximum absolute atomic E-state index is 12.2. The van der Waals surface area contributed by atoms with Crippen molar-refractivity contribution in [3.63, 3.8) is 0 Å². The van der Waals surface area contributed by atoms with Gasteiger partial charge in [-0.25, -0.2) is 0 Å². The molecule has 0 atom stereocenters. The molecule has 0 aliphatic heterocycles. The predicted octanol–water partition coefficient (Wildman–Crippen LogP) is 5.44. The number of aryl methyl sites for hydroxylation is 1. The Morgan fingerprint density at radius 3 is 2.35 bits per heavy atom. The first-order chi connectivity index (χ1) is 11.2. The maximum atomic E-state index is 12.2. The number of carbonyl (C=O) groups is 1. The molecule has 0 aliphatic rings. The number of benzene rings is 1. The fraction of sp³-hybridized carbons (Fsp3) is 0.350. The smallest absolute Gasteiger partial charge is 0.195 e. The van der Waals surface area contributed by atoms with Gasteiger partial charge in [0.1, 0.15) is 0 Å². The molecule has 0 unspecified atom stereocenters. The first-order valence-electron chi connectivity index (χ1n) is 8.34. The molecule has 0 spiro atoms. The van der Waals surface area contributed by atoms with E-state index in [-0.39, 0.29) is 5.78 Å². The number of rotatable bonds is 8. The van der Waals surface area contributed by atoms with Crippen molar-refractivity contribution in [1.82, 2.24) is 0 Å². The molecular formula is C20H25NOS. The van der Waals surface area contributed by atoms with E-state index in [1.165, 1.54) is 10.6 Å². The summed E-state index contributed by atoms with van der Waals surface area (Å²) in [5.41, 5.74) is 2.28. The van der Waals surface area contributed by atoms with Crippen LogP contribution in [0.3, 0.4) is 0 Å². The van der Waals surface area contributed by atoms with Crippen LogP contribution in [0.1, 0.15) is 47.3 Å². The van der Waals surface area contributed by atoms with Crippen molar-refractivity contribution in [3.8, 4) is 0 Å². The van der Waals surface area contributed by atoms with E-state index in [4.69, 9.17) is 0 Å². The third-order valence-corrected chi connectivity index (χ3v) is 5.01. The number of allylic oxidation sites excluding steroid dienone is 1. The summed E-state index contributed by atoms with van der Waals surface area (Å²) in [4.78, 5) is 16.6. The molecule has 0 radical (unpaired) electrons. The average Bonchev–Trinajstić information content (AvgIpc) is 3.04. The van der Waals surface area contributed by atoms with Gasteiger partial charge in [0, 0.05) is 23.7 Å². The van der Waals surface area contributed by atoms with Crippen molar-refractivity contribution in [2.45, 2.75) is 33.6 Å². The topological polar surface area (TPSA) is 20.3 Å². The Kier molecular flexibility index (Phi) is 6.60. The Labute approximate surface area is 143 Å². The molecule has 23 heavy (non-hydrogen) atoms. The van der Waals surface area contributed by atoms with E-state index in [1.54, 1.807) is 17.4 Å². The molecule has 2 rings (SSSR count). The molecule has 0 N–H and O–H groups in total. The van der Waals surface area contributed by atoms with Gasteiger partial charge in [0.25, 0.3) is 0 Å². The van der Waals surface area contributed by atoms with Crippen molar-refractivity contribution >= 4 is 28.9 Å². The zero-order chi connectivity index (χ0) is 16.7. The van der Waals surface area contributed by atoms with E-state index in [0.29, 0.717) is 0 Å². The Morgan fingerprint density at radius 1 is 1.04 bits per heavy atom. The Morgan fingerprint density at radius 2 is 1.74 bits per heavy atom. The van der Waals surface area contributed by atoms with Gasteiger partial charge < -0.3 is 4.90 Å². The molecule has 1 heterocycles. The quantitative estimate of drug-likeness (QED) is 0.475. The number of hydrogen-bond donors (Lipinski definition) is 0. The van der Waals surface area contributed by atoms with Crippen molar-refractivity contribution in [1.29, 1.82) is 0 Å². The summed E-state index contributed by atoms with van der Waals surface area (Å²) in [5, 5.41) is 0. The highest BCUT2D eigenvalue weighted by Crippen LogP contribution is 2.20. The van der Waals surface area contributed by atoms with E-state index in [1.807, 2.05) is 12.1 Å². The number of thiophene rings is 1. The minimum absolute atomic E-state index is 0.0881. The van der Waals surface area contributed by atoms with Gasteiger partial charge in [0.15, 0.2) is 5.78 Å². The molecule has 0 bridgehead atoms. The van der Waals surface area contributed by atoms with E-state index >= 15 is 0 Å². The third-order valence-electron chi connectivity index (χ3n) is 3.85. The molecular weight excluding hydrogens is 302 g/mol. The van der Waals surface area contributed by atoms with E-state index in [9.17, 15) is 4.79 Å². The van der Waals surface area contributed by atoms with Gasteiger partial charge in [-0.2, -0.15) is 0 Å². The first kappa shape index (κ1) is 17.5. The van der Waals surface area contributed by atoms with E-state index in [2.05, 4.69) is 56.0 Å². The SMILES string of the molecule is CCCc1ccc(C(=O)/C=C/c2ccc(N(CC)CC)cc2)s1. The second-order valence-electron chi connectivity index (χ2n) is 5.48. The fourth-order valence-electron chi connectivity index (χ4n) is 2.53. The number of ketones is 1. The Hall–Kier alpha value is -1.87. The van der Waals surface area contributed by atoms with Gasteiger partial charge in [-0.1, -0.05) is 31.6 Å². The lowest BCUT2D eigenvalue weighted by molar-refractivity contribution is 0.105. The second kappa shape index (κ2) is 8.68. The highest BCUT2D eigenvalue weighted by Gasteiger charge is 2.06. The predicted molar refractivity (Wildman–Crippen MR) is 102 cm³/mol. The highest BCUT2D eigenvalue weighted by atomic mass is 32.1. The van der Waals surface area contributed by atoms with Crippen molar-refractivity contribution in [2.75, 3.05) is 18.0 Å². The van der Waals surface area contributed by atoms with Crippen LogP contribution in [-0.4, -0.2) is 18.9 Å². The van der Waals surface area contributed by atoms with Crippen LogP contribution >= 0.6 is 11.3 Å². The first-order valence-corrected chi connectivity index (χ1v) is 9.15. The lowest BCUT2D eigenvalue weighted by Gasteiger charge is -2.20. The largest absolute Gasteiger partial charge is 0.372 e. The number of anilines is 1. The van der Waals surface area contributed by atoms with Gasteiger partial charge in [0.05, 0.1) is 4.88 Å². The van der Waals surface area contributed by atoms with Gasteiger partial charge >= 0.3 is 0 Å². The summed E-state index contributed by atoms with van der Waals surface area (Å²) in [6.45, 7) is 8.47. The van der Waals surface area contributed by atoms with Crippen LogP contribution in [0.4, 0.5) is 5.69 Å². The van der Waals surface area contributed by atoms with Crippen LogP contribution in [0, 0.1) is 0 Å². The summed E-state index contributed by atoms with van der Waals surface area (Å²) in [6, 6.07) is 12.4. The molecule has 0 fully saturated rings. The number of carbonyl (C=O) groups excluding carboxylic acids is 1. The Balaban J connectivity index is 2.02. The van der Waals surface area contributed by atoms with Crippen molar-refractivity contribution in [2.24, 2.45) is 0 Å². The lowest BCUT2D eigenvalue weighted by Crippen LogP contribution is -2.21. The van der Waals surface area contributed by atoms with Gasteiger partial charge in [-0.3, -0.25) is 4.79 Å². The lowest BCUT2D eigenvalue weighted by atomic mass is 10.1. The van der Waals surface area contributed by atoms with Crippen LogP contribution in [-0.2, 0) is 6.42 Å². The fourth-order valence-corrected chi connectivity index (χ4v) is 3.56. The monoisotopic (exact) mass is 327 g/mol. The minimum atomic E-state index is 0.0881. The van der Waals surface area contributed by atoms with Gasteiger partial charge in [-0.15, -0.1) is 11.3 Å². The van der Waals surface area contributed by atoms with Gasteiger partial charge in [-0.05, 0) is 56.2 Å². The van der Waals surface area contributed by atoms with Crippen LogP contribution in [0.25, 0.3) is 6.08 Å². The summed E-state index contributed by atoms with van der Waals surface area (Å²) in [7, 11) is 0. The van der Waals surface area contributed by atoms with E-state index in [0.717, 1.165) is 36.4 Å². The zero-order valence-corrected chi connectivity index (χ0v) is 15.0. The third kappa shape index (κ3) is 4.80. The molecule has 2 aromatic rings. The normalized spacial score (nSPS) is 11.1. The molecule has 0 amide bonds. The molecule has 3 heteroatoms. The van der Waals surface area contributed by atoms with E-state index < -0.39 is 0 Å². The second-order valence-corrected chi connectivity index (χ2v) is 6.65. The number of nitrogens with zero attached hydrogens (tertiary/aromatic N) is 1. The number of hydrogen-bond acceptors (Lipinski definition) is 3. The van der Waals surface area contributed by atoms with Crippen LogP contribution < -0.4 is 4.90 Å². The summed E-state index contributed by atoms with van der Waals surface area (Å²) in [5.74, 6) is 0.0881. The van der Waals surface area contributed by atoms with Crippen LogP contribution in [0.5, 0.6) is 0 Å². The average molecular weight is 327 g/mol. The Bertz CT molecular complexity index is 651. The highest BCUT2D eigenvalue weighted by molar-refractivity contribution is 7.14. The summed E-state index contributed by atoms with van der Waals surface area (Å²) in [6.07, 6.45) is 5.74.